The largest absolute Gasteiger partial charge is 0.464 e. The lowest BCUT2D eigenvalue weighted by Gasteiger charge is -2.24. The monoisotopic (exact) mass is 619 g/mol. The summed E-state index contributed by atoms with van der Waals surface area (Å²) in [7, 11) is -4.29. The zero-order chi connectivity index (χ0) is 28.9. The number of nitrogens with one attached hydrogen (secondary N) is 1. The van der Waals surface area contributed by atoms with E-state index in [4.69, 9.17) is 39.5 Å². The van der Waals surface area contributed by atoms with Gasteiger partial charge in [-0.3, -0.25) is 18.9 Å². The molecule has 0 saturated carbocycles. The predicted molar refractivity (Wildman–Crippen MR) is 158 cm³/mol. The topological polar surface area (TPSA) is 106 Å². The Morgan fingerprint density at radius 2 is 1.62 bits per heavy atom. The van der Waals surface area contributed by atoms with E-state index in [1.807, 2.05) is 6.92 Å². The summed E-state index contributed by atoms with van der Waals surface area (Å²) >= 11 is 18.1. The van der Waals surface area contributed by atoms with Crippen molar-refractivity contribution in [2.24, 2.45) is 0 Å². The van der Waals surface area contributed by atoms with Crippen LogP contribution in [0.1, 0.15) is 30.3 Å². The predicted octanol–water partition coefficient (Wildman–Crippen LogP) is 6.99. The highest BCUT2D eigenvalue weighted by Crippen LogP contribution is 2.31. The van der Waals surface area contributed by atoms with Gasteiger partial charge in [0.15, 0.2) is 0 Å². The highest BCUT2D eigenvalue weighted by atomic mass is 35.5. The third-order valence-corrected chi connectivity index (χ3v) is 8.21. The summed E-state index contributed by atoms with van der Waals surface area (Å²) in [5.74, 6) is -1.17. The number of anilines is 2. The van der Waals surface area contributed by atoms with Crippen LogP contribution in [0.4, 0.5) is 11.4 Å². The number of rotatable bonds is 10. The van der Waals surface area contributed by atoms with Crippen LogP contribution in [0.25, 0.3) is 10.8 Å². The zero-order valence-corrected chi connectivity index (χ0v) is 24.3. The molecule has 1 amide bonds. The standard InChI is InChI=1S/C28H24Cl3N3O5S/c1-2-3-10-39-27(35)17-34(40(37,38)25-14-21(30)13-22(31)15-25)24-7-5-18-4-6-23(11-19(18)12-24)33-28(36)26-16-20(29)8-9-32-26/h4-9,11-16H,2-3,10,17H2,1H3,(H,33,36). The molecule has 0 radical (unpaired) electrons. The first-order chi connectivity index (χ1) is 19.1. The lowest BCUT2D eigenvalue weighted by atomic mass is 10.1. The van der Waals surface area contributed by atoms with E-state index in [0.29, 0.717) is 22.5 Å². The summed E-state index contributed by atoms with van der Waals surface area (Å²) in [6.45, 7) is 1.55. The summed E-state index contributed by atoms with van der Waals surface area (Å²) in [5.41, 5.74) is 0.794. The van der Waals surface area contributed by atoms with Crippen molar-refractivity contribution in [2.75, 3.05) is 22.8 Å². The number of sulfonamides is 1. The van der Waals surface area contributed by atoms with Gasteiger partial charge >= 0.3 is 5.97 Å². The molecule has 40 heavy (non-hydrogen) atoms. The van der Waals surface area contributed by atoms with E-state index in [2.05, 4.69) is 10.3 Å². The molecule has 0 aliphatic rings. The summed E-state index contributed by atoms with van der Waals surface area (Å²) in [6.07, 6.45) is 2.89. The number of nitrogens with zero attached hydrogens (tertiary/aromatic N) is 2. The van der Waals surface area contributed by atoms with E-state index in [1.165, 1.54) is 30.5 Å². The summed E-state index contributed by atoms with van der Waals surface area (Å²) < 4.78 is 33.7. The van der Waals surface area contributed by atoms with Crippen molar-refractivity contribution in [2.45, 2.75) is 24.7 Å². The van der Waals surface area contributed by atoms with Crippen LogP contribution in [0, 0.1) is 0 Å². The lowest BCUT2D eigenvalue weighted by Crippen LogP contribution is -2.36. The maximum absolute atomic E-state index is 13.8. The van der Waals surface area contributed by atoms with Crippen molar-refractivity contribution >= 4 is 78.8 Å². The van der Waals surface area contributed by atoms with E-state index in [1.54, 1.807) is 42.5 Å². The second-order valence-corrected chi connectivity index (χ2v) is 11.9. The fourth-order valence-corrected chi connectivity index (χ4v) is 6.09. The highest BCUT2D eigenvalue weighted by Gasteiger charge is 2.29. The second-order valence-electron chi connectivity index (χ2n) is 8.75. The summed E-state index contributed by atoms with van der Waals surface area (Å²) in [5, 5.41) is 4.78. The molecule has 4 rings (SSSR count). The maximum atomic E-state index is 13.8. The molecule has 0 atom stereocenters. The number of hydrogen-bond donors (Lipinski definition) is 1. The number of carbonyl (C=O) groups is 2. The number of unbranched alkanes of at least 4 members (excludes halogenated alkanes) is 1. The minimum Gasteiger partial charge on any atom is -0.464 e. The van der Waals surface area contributed by atoms with Gasteiger partial charge in [0.25, 0.3) is 15.9 Å². The first-order valence-corrected chi connectivity index (χ1v) is 14.8. The molecule has 0 bridgehead atoms. The molecule has 8 nitrogen and oxygen atoms in total. The van der Waals surface area contributed by atoms with Crippen molar-refractivity contribution < 1.29 is 22.7 Å². The summed E-state index contributed by atoms with van der Waals surface area (Å²) in [4.78, 5) is 29.2. The Labute approximate surface area is 246 Å². The van der Waals surface area contributed by atoms with Crippen molar-refractivity contribution in [1.29, 1.82) is 0 Å². The van der Waals surface area contributed by atoms with Crippen molar-refractivity contribution in [3.8, 4) is 0 Å². The number of halogens is 3. The average molecular weight is 621 g/mol. The van der Waals surface area contributed by atoms with Crippen LogP contribution < -0.4 is 9.62 Å². The van der Waals surface area contributed by atoms with E-state index in [0.717, 1.165) is 16.1 Å². The molecule has 1 aromatic heterocycles. The number of pyridine rings is 1. The number of hydrogen-bond acceptors (Lipinski definition) is 6. The van der Waals surface area contributed by atoms with E-state index in [-0.39, 0.29) is 32.9 Å². The van der Waals surface area contributed by atoms with Gasteiger partial charge in [0, 0.05) is 27.0 Å². The van der Waals surface area contributed by atoms with E-state index < -0.39 is 28.4 Å². The van der Waals surface area contributed by atoms with Crippen LogP contribution >= 0.6 is 34.8 Å². The molecule has 1 N–H and O–H groups in total. The Bertz CT molecular complexity index is 1660. The Balaban J connectivity index is 1.71. The third-order valence-electron chi connectivity index (χ3n) is 5.78. The molecule has 3 aromatic carbocycles. The normalized spacial score (nSPS) is 11.3. The van der Waals surface area contributed by atoms with Crippen LogP contribution in [0.2, 0.25) is 15.1 Å². The van der Waals surface area contributed by atoms with Gasteiger partial charge in [-0.25, -0.2) is 8.42 Å². The average Bonchev–Trinajstić information content (AvgIpc) is 2.91. The summed E-state index contributed by atoms with van der Waals surface area (Å²) in [6, 6.07) is 17.0. The van der Waals surface area contributed by atoms with Gasteiger partial charge in [0.2, 0.25) is 0 Å². The van der Waals surface area contributed by atoms with Crippen LogP contribution in [0.5, 0.6) is 0 Å². The molecule has 0 aliphatic carbocycles. The molecule has 4 aromatic rings. The van der Waals surface area contributed by atoms with Gasteiger partial charge in [-0.15, -0.1) is 0 Å². The molecule has 0 saturated heterocycles. The SMILES string of the molecule is CCCCOC(=O)CN(c1ccc2ccc(NC(=O)c3cc(Cl)ccn3)cc2c1)S(=O)(=O)c1cc(Cl)cc(Cl)c1. The second kappa shape index (κ2) is 12.9. The van der Waals surface area contributed by atoms with E-state index >= 15 is 0 Å². The molecule has 0 unspecified atom stereocenters. The fourth-order valence-electron chi connectivity index (χ4n) is 3.80. The molecular formula is C28H24Cl3N3O5S. The Hall–Kier alpha value is -3.37. The number of aromatic nitrogens is 1. The van der Waals surface area contributed by atoms with Gasteiger partial charge in [-0.05, 0) is 71.8 Å². The Kier molecular flexibility index (Phi) is 9.52. The molecule has 1 heterocycles. The number of fused-ring (bicyclic) bond motifs is 1. The van der Waals surface area contributed by atoms with Gasteiger partial charge in [-0.1, -0.05) is 60.3 Å². The van der Waals surface area contributed by atoms with Crippen molar-refractivity contribution in [1.82, 2.24) is 4.98 Å². The Morgan fingerprint density at radius 1 is 0.900 bits per heavy atom. The quantitative estimate of drug-likeness (QED) is 0.151. The molecule has 0 aliphatic heterocycles. The number of ether oxygens (including phenoxy) is 1. The smallest absolute Gasteiger partial charge is 0.326 e. The highest BCUT2D eigenvalue weighted by molar-refractivity contribution is 7.92. The molecular weight excluding hydrogens is 597 g/mol. The zero-order valence-electron chi connectivity index (χ0n) is 21.2. The van der Waals surface area contributed by atoms with Crippen molar-refractivity contribution in [3.63, 3.8) is 0 Å². The van der Waals surface area contributed by atoms with E-state index in [9.17, 15) is 18.0 Å². The van der Waals surface area contributed by atoms with Crippen LogP contribution in [-0.2, 0) is 19.6 Å². The first kappa shape index (κ1) is 29.6. The molecule has 208 valence electrons. The van der Waals surface area contributed by atoms with Gasteiger partial charge in [0.1, 0.15) is 12.2 Å². The van der Waals surface area contributed by atoms with Crippen molar-refractivity contribution in [3.05, 3.63) is 93.7 Å². The number of amides is 1. The van der Waals surface area contributed by atoms with Gasteiger partial charge in [-0.2, -0.15) is 0 Å². The van der Waals surface area contributed by atoms with Crippen LogP contribution in [-0.4, -0.2) is 38.4 Å². The van der Waals surface area contributed by atoms with Gasteiger partial charge < -0.3 is 10.1 Å². The van der Waals surface area contributed by atoms with Gasteiger partial charge in [0.05, 0.1) is 17.2 Å². The third kappa shape index (κ3) is 7.22. The maximum Gasteiger partial charge on any atom is 0.326 e. The molecule has 0 fully saturated rings. The minimum absolute atomic E-state index is 0.129. The molecule has 12 heteroatoms. The number of carbonyl (C=O) groups excluding carboxylic acids is 2. The molecule has 0 spiro atoms. The number of benzene rings is 3. The number of esters is 1. The van der Waals surface area contributed by atoms with Crippen LogP contribution in [0.3, 0.4) is 0 Å². The minimum atomic E-state index is -4.29. The first-order valence-electron chi connectivity index (χ1n) is 12.2. The lowest BCUT2D eigenvalue weighted by molar-refractivity contribution is -0.141. The Morgan fingerprint density at radius 3 is 2.33 bits per heavy atom. The fraction of sp³-hybridized carbons (Fsp3) is 0.179. The van der Waals surface area contributed by atoms with Crippen LogP contribution in [0.15, 0.2) is 77.8 Å².